The lowest BCUT2D eigenvalue weighted by molar-refractivity contribution is 0.486. The van der Waals surface area contributed by atoms with Crippen LogP contribution in [-0.2, 0) is 11.8 Å². The molecule has 0 heterocycles. The summed E-state index contributed by atoms with van der Waals surface area (Å²) in [5.41, 5.74) is 2.08. The molecule has 0 unspecified atom stereocenters. The normalized spacial score (nSPS) is 18.8. The molecular weight excluding hydrogens is 231 g/mol. The van der Waals surface area contributed by atoms with Gasteiger partial charge >= 0.3 is 0 Å². The molecule has 1 aromatic rings. The van der Waals surface area contributed by atoms with Crippen molar-refractivity contribution >= 4 is 15.9 Å². The van der Waals surface area contributed by atoms with Gasteiger partial charge in [-0.3, -0.25) is 0 Å². The highest BCUT2D eigenvalue weighted by atomic mass is 79.9. The number of hydrogen-bond donors (Lipinski definition) is 0. The third-order valence-corrected chi connectivity index (χ3v) is 3.49. The molecule has 2 rings (SSSR count). The average molecular weight is 243 g/mol. The summed E-state index contributed by atoms with van der Waals surface area (Å²) in [5, 5.41) is 0. The molecule has 0 saturated heterocycles. The Balaban J connectivity index is 2.68. The van der Waals surface area contributed by atoms with Crippen molar-refractivity contribution in [3.8, 4) is 0 Å². The topological polar surface area (TPSA) is 0 Å². The van der Waals surface area contributed by atoms with E-state index in [0.717, 1.165) is 18.4 Å². The van der Waals surface area contributed by atoms with Crippen LogP contribution in [0.4, 0.5) is 4.39 Å². The molecule has 0 spiro atoms. The van der Waals surface area contributed by atoms with E-state index < -0.39 is 0 Å². The monoisotopic (exact) mass is 242 g/mol. The minimum atomic E-state index is -0.0694. The van der Waals surface area contributed by atoms with Gasteiger partial charge in [0.1, 0.15) is 5.82 Å². The van der Waals surface area contributed by atoms with Crippen molar-refractivity contribution in [1.29, 1.82) is 0 Å². The van der Waals surface area contributed by atoms with Crippen LogP contribution in [-0.4, -0.2) is 0 Å². The summed E-state index contributed by atoms with van der Waals surface area (Å²) < 4.78 is 14.3. The van der Waals surface area contributed by atoms with Crippen LogP contribution in [0.1, 0.15) is 31.4 Å². The van der Waals surface area contributed by atoms with Gasteiger partial charge in [-0.15, -0.1) is 0 Å². The molecule has 0 radical (unpaired) electrons. The third-order valence-electron chi connectivity index (χ3n) is 2.88. The van der Waals surface area contributed by atoms with Crippen LogP contribution in [0.5, 0.6) is 0 Å². The molecule has 1 aromatic carbocycles. The van der Waals surface area contributed by atoms with Gasteiger partial charge in [-0.05, 0) is 51.4 Å². The van der Waals surface area contributed by atoms with Gasteiger partial charge in [-0.25, -0.2) is 4.39 Å². The van der Waals surface area contributed by atoms with Crippen molar-refractivity contribution in [2.45, 2.75) is 32.1 Å². The van der Waals surface area contributed by atoms with Gasteiger partial charge in [0.05, 0.1) is 4.47 Å². The number of fused-ring (bicyclic) bond motifs is 1. The van der Waals surface area contributed by atoms with E-state index >= 15 is 0 Å². The SMILES string of the molecule is CC1(C)CCc2ccc(Br)c(F)c21. The van der Waals surface area contributed by atoms with Gasteiger partial charge in [0, 0.05) is 0 Å². The van der Waals surface area contributed by atoms with E-state index in [1.165, 1.54) is 5.56 Å². The predicted octanol–water partition coefficient (Wildman–Crippen LogP) is 3.81. The second-order valence-corrected chi connectivity index (χ2v) is 5.13. The summed E-state index contributed by atoms with van der Waals surface area (Å²) in [6.45, 7) is 4.21. The zero-order valence-electron chi connectivity index (χ0n) is 7.82. The van der Waals surface area contributed by atoms with Gasteiger partial charge in [-0.1, -0.05) is 19.9 Å². The first kappa shape index (κ1) is 9.20. The lowest BCUT2D eigenvalue weighted by atomic mass is 9.86. The zero-order valence-corrected chi connectivity index (χ0v) is 9.41. The second kappa shape index (κ2) is 2.81. The molecule has 0 aliphatic heterocycles. The maximum absolute atomic E-state index is 13.8. The van der Waals surface area contributed by atoms with Crippen LogP contribution in [0.15, 0.2) is 16.6 Å². The smallest absolute Gasteiger partial charge is 0.141 e. The molecule has 13 heavy (non-hydrogen) atoms. The number of hydrogen-bond acceptors (Lipinski definition) is 0. The van der Waals surface area contributed by atoms with E-state index in [9.17, 15) is 4.39 Å². The Hall–Kier alpha value is -0.370. The summed E-state index contributed by atoms with van der Waals surface area (Å²) in [7, 11) is 0. The van der Waals surface area contributed by atoms with Gasteiger partial charge in [0.15, 0.2) is 0 Å². The number of rotatable bonds is 0. The Kier molecular flexibility index (Phi) is 1.99. The van der Waals surface area contributed by atoms with Crippen molar-refractivity contribution in [3.63, 3.8) is 0 Å². The van der Waals surface area contributed by atoms with Crippen LogP contribution < -0.4 is 0 Å². The minimum Gasteiger partial charge on any atom is -0.205 e. The van der Waals surface area contributed by atoms with Crippen LogP contribution >= 0.6 is 15.9 Å². The van der Waals surface area contributed by atoms with Crippen molar-refractivity contribution in [1.82, 2.24) is 0 Å². The molecule has 0 N–H and O–H groups in total. The zero-order chi connectivity index (χ0) is 9.64. The van der Waals surface area contributed by atoms with Crippen LogP contribution in [0, 0.1) is 5.82 Å². The molecule has 1 aliphatic rings. The molecule has 0 nitrogen and oxygen atoms in total. The molecule has 0 aromatic heterocycles. The van der Waals surface area contributed by atoms with Crippen molar-refractivity contribution in [3.05, 3.63) is 33.5 Å². The summed E-state index contributed by atoms with van der Waals surface area (Å²) >= 11 is 3.23. The Morgan fingerprint density at radius 1 is 1.38 bits per heavy atom. The molecule has 0 fully saturated rings. The minimum absolute atomic E-state index is 0.00317. The molecule has 2 heteroatoms. The highest BCUT2D eigenvalue weighted by Gasteiger charge is 2.33. The summed E-state index contributed by atoms with van der Waals surface area (Å²) in [6, 6.07) is 3.83. The largest absolute Gasteiger partial charge is 0.205 e. The number of benzene rings is 1. The van der Waals surface area contributed by atoms with Crippen molar-refractivity contribution in [2.75, 3.05) is 0 Å². The Morgan fingerprint density at radius 2 is 2.08 bits per heavy atom. The Morgan fingerprint density at radius 3 is 2.77 bits per heavy atom. The maximum atomic E-state index is 13.8. The van der Waals surface area contributed by atoms with E-state index in [4.69, 9.17) is 0 Å². The van der Waals surface area contributed by atoms with Crippen LogP contribution in [0.2, 0.25) is 0 Å². The number of halogens is 2. The summed E-state index contributed by atoms with van der Waals surface area (Å²) in [5.74, 6) is -0.0694. The first-order valence-electron chi connectivity index (χ1n) is 4.50. The molecule has 1 aliphatic carbocycles. The first-order chi connectivity index (χ1) is 6.02. The molecule has 0 bridgehead atoms. The van der Waals surface area contributed by atoms with E-state index in [1.54, 1.807) is 6.07 Å². The fourth-order valence-corrected chi connectivity index (χ4v) is 2.43. The average Bonchev–Trinajstić information content (AvgIpc) is 2.35. The molecule has 0 atom stereocenters. The highest BCUT2D eigenvalue weighted by molar-refractivity contribution is 9.10. The quantitative estimate of drug-likeness (QED) is 0.649. The molecular formula is C11H12BrF. The van der Waals surface area contributed by atoms with Gasteiger partial charge in [0.2, 0.25) is 0 Å². The van der Waals surface area contributed by atoms with Crippen LogP contribution in [0.3, 0.4) is 0 Å². The van der Waals surface area contributed by atoms with Crippen LogP contribution in [0.25, 0.3) is 0 Å². The third kappa shape index (κ3) is 1.32. The summed E-state index contributed by atoms with van der Waals surface area (Å²) in [6.07, 6.45) is 2.06. The Labute approximate surface area is 86.3 Å². The lowest BCUT2D eigenvalue weighted by Crippen LogP contribution is -2.14. The second-order valence-electron chi connectivity index (χ2n) is 4.28. The van der Waals surface area contributed by atoms with Gasteiger partial charge < -0.3 is 0 Å². The van der Waals surface area contributed by atoms with E-state index in [1.807, 2.05) is 6.07 Å². The van der Waals surface area contributed by atoms with Crippen molar-refractivity contribution < 1.29 is 4.39 Å². The standard InChI is InChI=1S/C11H12BrF/c1-11(2)6-5-7-3-4-8(12)10(13)9(7)11/h3-4H,5-6H2,1-2H3. The van der Waals surface area contributed by atoms with E-state index in [-0.39, 0.29) is 11.2 Å². The van der Waals surface area contributed by atoms with Gasteiger partial charge in [0.25, 0.3) is 0 Å². The summed E-state index contributed by atoms with van der Waals surface area (Å²) in [4.78, 5) is 0. The van der Waals surface area contributed by atoms with E-state index in [2.05, 4.69) is 29.8 Å². The van der Waals surface area contributed by atoms with E-state index in [0.29, 0.717) is 4.47 Å². The van der Waals surface area contributed by atoms with Gasteiger partial charge in [-0.2, -0.15) is 0 Å². The molecule has 70 valence electrons. The number of aryl methyl sites for hydroxylation is 1. The fraction of sp³-hybridized carbons (Fsp3) is 0.455. The molecule has 0 amide bonds. The maximum Gasteiger partial charge on any atom is 0.141 e. The Bertz CT molecular complexity index is 355. The fourth-order valence-electron chi connectivity index (χ4n) is 2.10. The highest BCUT2D eigenvalue weighted by Crippen LogP contribution is 2.41. The van der Waals surface area contributed by atoms with Crippen molar-refractivity contribution in [2.24, 2.45) is 0 Å². The lowest BCUT2D eigenvalue weighted by Gasteiger charge is -2.19. The first-order valence-corrected chi connectivity index (χ1v) is 5.29. The predicted molar refractivity (Wildman–Crippen MR) is 55.4 cm³/mol. The molecule has 0 saturated carbocycles.